The van der Waals surface area contributed by atoms with Gasteiger partial charge in [0.2, 0.25) is 5.82 Å². The molecule has 162 valence electrons. The standard InChI is InChI=1S/C24H20FN3O4/c1-15-7-3-4-8-17(15)24-27-23(28-32-24)16-11-12-20(21(13-16)30-2)31-14-22(29)26-19-10-6-5-9-18(19)25/h3-13H,14H2,1-2H3,(H,26,29). The third kappa shape index (κ3) is 4.59. The highest BCUT2D eigenvalue weighted by molar-refractivity contribution is 5.92. The van der Waals surface area contributed by atoms with Crippen LogP contribution in [0.3, 0.4) is 0 Å². The normalized spacial score (nSPS) is 10.6. The van der Waals surface area contributed by atoms with Crippen molar-refractivity contribution in [3.05, 3.63) is 78.1 Å². The van der Waals surface area contributed by atoms with Crippen molar-refractivity contribution in [3.8, 4) is 34.3 Å². The third-order valence-electron chi connectivity index (χ3n) is 4.73. The van der Waals surface area contributed by atoms with Gasteiger partial charge in [0.05, 0.1) is 12.8 Å². The number of nitrogens with zero attached hydrogens (tertiary/aromatic N) is 2. The van der Waals surface area contributed by atoms with Crippen molar-refractivity contribution in [2.45, 2.75) is 6.92 Å². The minimum absolute atomic E-state index is 0.0879. The maximum atomic E-state index is 13.7. The summed E-state index contributed by atoms with van der Waals surface area (Å²) in [7, 11) is 1.49. The number of aromatic nitrogens is 2. The van der Waals surface area contributed by atoms with Gasteiger partial charge < -0.3 is 19.3 Å². The highest BCUT2D eigenvalue weighted by Crippen LogP contribution is 2.32. The van der Waals surface area contributed by atoms with Crippen molar-refractivity contribution in [1.29, 1.82) is 0 Å². The molecule has 1 heterocycles. The summed E-state index contributed by atoms with van der Waals surface area (Å²) in [6.45, 7) is 1.65. The summed E-state index contributed by atoms with van der Waals surface area (Å²) in [5, 5.41) is 6.52. The number of hydrogen-bond acceptors (Lipinski definition) is 6. The van der Waals surface area contributed by atoms with Crippen LogP contribution in [-0.2, 0) is 4.79 Å². The van der Waals surface area contributed by atoms with Crippen LogP contribution in [0, 0.1) is 12.7 Å². The molecule has 0 saturated carbocycles. The number of amides is 1. The van der Waals surface area contributed by atoms with Crippen molar-refractivity contribution in [1.82, 2.24) is 10.1 Å². The first kappa shape index (κ1) is 21.0. The molecule has 4 aromatic rings. The molecule has 0 spiro atoms. The first-order valence-corrected chi connectivity index (χ1v) is 9.80. The fraction of sp³-hybridized carbons (Fsp3) is 0.125. The fourth-order valence-corrected chi connectivity index (χ4v) is 3.08. The molecule has 0 radical (unpaired) electrons. The first-order valence-electron chi connectivity index (χ1n) is 9.80. The van der Waals surface area contributed by atoms with Crippen LogP contribution in [0.5, 0.6) is 11.5 Å². The van der Waals surface area contributed by atoms with Gasteiger partial charge in [0, 0.05) is 11.1 Å². The second kappa shape index (κ2) is 9.30. The summed E-state index contributed by atoms with van der Waals surface area (Å²) in [6.07, 6.45) is 0. The molecule has 32 heavy (non-hydrogen) atoms. The second-order valence-corrected chi connectivity index (χ2v) is 6.92. The first-order chi connectivity index (χ1) is 15.5. The van der Waals surface area contributed by atoms with E-state index in [1.165, 1.54) is 19.2 Å². The van der Waals surface area contributed by atoms with Gasteiger partial charge in [0.1, 0.15) is 5.82 Å². The van der Waals surface area contributed by atoms with Crippen LogP contribution in [0.25, 0.3) is 22.8 Å². The summed E-state index contributed by atoms with van der Waals surface area (Å²) in [6, 6.07) is 18.7. The molecular formula is C24H20FN3O4. The Labute approximate surface area is 183 Å². The Hall–Kier alpha value is -4.20. The minimum atomic E-state index is -0.520. The van der Waals surface area contributed by atoms with E-state index < -0.39 is 11.7 Å². The van der Waals surface area contributed by atoms with E-state index in [1.807, 2.05) is 31.2 Å². The molecule has 7 nitrogen and oxygen atoms in total. The molecular weight excluding hydrogens is 413 g/mol. The van der Waals surface area contributed by atoms with E-state index in [0.29, 0.717) is 28.8 Å². The van der Waals surface area contributed by atoms with Crippen molar-refractivity contribution in [3.63, 3.8) is 0 Å². The zero-order valence-corrected chi connectivity index (χ0v) is 17.5. The SMILES string of the molecule is COc1cc(-c2noc(-c3ccccc3C)n2)ccc1OCC(=O)Nc1ccccc1F. The van der Waals surface area contributed by atoms with Crippen LogP contribution in [0.15, 0.2) is 71.3 Å². The van der Waals surface area contributed by atoms with E-state index in [2.05, 4.69) is 15.5 Å². The number of nitrogens with one attached hydrogen (secondary N) is 1. The lowest BCUT2D eigenvalue weighted by Gasteiger charge is -2.12. The number of ether oxygens (including phenoxy) is 2. The molecule has 8 heteroatoms. The number of carbonyl (C=O) groups excluding carboxylic acids is 1. The number of benzene rings is 3. The van der Waals surface area contributed by atoms with Crippen molar-refractivity contribution < 1.29 is 23.2 Å². The number of aryl methyl sites for hydroxylation is 1. The van der Waals surface area contributed by atoms with Crippen LogP contribution in [0.4, 0.5) is 10.1 Å². The van der Waals surface area contributed by atoms with Gasteiger partial charge in [-0.15, -0.1) is 0 Å². The molecule has 0 saturated heterocycles. The largest absolute Gasteiger partial charge is 0.493 e. The molecule has 0 fully saturated rings. The Kier molecular flexibility index (Phi) is 6.12. The second-order valence-electron chi connectivity index (χ2n) is 6.92. The molecule has 1 N–H and O–H groups in total. The highest BCUT2D eigenvalue weighted by Gasteiger charge is 2.15. The van der Waals surface area contributed by atoms with Crippen LogP contribution in [0.2, 0.25) is 0 Å². The van der Waals surface area contributed by atoms with E-state index in [-0.39, 0.29) is 12.3 Å². The molecule has 0 atom stereocenters. The Morgan fingerprint density at radius 2 is 1.84 bits per heavy atom. The summed E-state index contributed by atoms with van der Waals surface area (Å²) >= 11 is 0. The van der Waals surface area contributed by atoms with E-state index in [1.54, 1.807) is 30.3 Å². The Morgan fingerprint density at radius 3 is 2.62 bits per heavy atom. The topological polar surface area (TPSA) is 86.5 Å². The van der Waals surface area contributed by atoms with Gasteiger partial charge in [-0.05, 0) is 48.9 Å². The Morgan fingerprint density at radius 1 is 1.06 bits per heavy atom. The lowest BCUT2D eigenvalue weighted by atomic mass is 10.1. The van der Waals surface area contributed by atoms with Gasteiger partial charge in [-0.25, -0.2) is 4.39 Å². The maximum absolute atomic E-state index is 13.7. The summed E-state index contributed by atoms with van der Waals surface area (Å²) in [5.74, 6) is 0.536. The quantitative estimate of drug-likeness (QED) is 0.447. The molecule has 1 amide bonds. The van der Waals surface area contributed by atoms with Gasteiger partial charge in [0.15, 0.2) is 18.1 Å². The molecule has 0 bridgehead atoms. The van der Waals surface area contributed by atoms with Gasteiger partial charge in [0.25, 0.3) is 11.8 Å². The van der Waals surface area contributed by atoms with Gasteiger partial charge in [-0.1, -0.05) is 35.5 Å². The van der Waals surface area contributed by atoms with Gasteiger partial charge in [-0.2, -0.15) is 4.98 Å². The summed E-state index contributed by atoms with van der Waals surface area (Å²) in [4.78, 5) is 16.6. The molecule has 0 aliphatic rings. The van der Waals surface area contributed by atoms with E-state index in [4.69, 9.17) is 14.0 Å². The minimum Gasteiger partial charge on any atom is -0.493 e. The summed E-state index contributed by atoms with van der Waals surface area (Å²) in [5.41, 5.74) is 2.63. The van der Waals surface area contributed by atoms with Crippen LogP contribution in [0.1, 0.15) is 5.56 Å². The van der Waals surface area contributed by atoms with Crippen LogP contribution in [-0.4, -0.2) is 29.8 Å². The molecule has 0 aliphatic heterocycles. The predicted octanol–water partition coefficient (Wildman–Crippen LogP) is 4.88. The number of rotatable bonds is 7. The molecule has 3 aromatic carbocycles. The van der Waals surface area contributed by atoms with Crippen molar-refractivity contribution in [2.75, 3.05) is 19.0 Å². The van der Waals surface area contributed by atoms with Crippen LogP contribution >= 0.6 is 0 Å². The van der Waals surface area contributed by atoms with Gasteiger partial charge in [-0.3, -0.25) is 4.79 Å². The molecule has 0 unspecified atom stereocenters. The number of halogens is 1. The maximum Gasteiger partial charge on any atom is 0.262 e. The van der Waals surface area contributed by atoms with E-state index >= 15 is 0 Å². The molecule has 4 rings (SSSR count). The smallest absolute Gasteiger partial charge is 0.262 e. The number of carbonyl (C=O) groups is 1. The number of anilines is 1. The zero-order valence-electron chi connectivity index (χ0n) is 17.5. The van der Waals surface area contributed by atoms with Crippen molar-refractivity contribution >= 4 is 11.6 Å². The number of methoxy groups -OCH3 is 1. The lowest BCUT2D eigenvalue weighted by Crippen LogP contribution is -2.20. The summed E-state index contributed by atoms with van der Waals surface area (Å²) < 4.78 is 30.0. The Bertz CT molecular complexity index is 1260. The van der Waals surface area contributed by atoms with Crippen molar-refractivity contribution in [2.24, 2.45) is 0 Å². The monoisotopic (exact) mass is 433 g/mol. The average Bonchev–Trinajstić information content (AvgIpc) is 3.29. The Balaban J connectivity index is 1.47. The van der Waals surface area contributed by atoms with E-state index in [9.17, 15) is 9.18 Å². The highest BCUT2D eigenvalue weighted by atomic mass is 19.1. The van der Waals surface area contributed by atoms with E-state index in [0.717, 1.165) is 11.1 Å². The lowest BCUT2D eigenvalue weighted by molar-refractivity contribution is -0.118. The number of para-hydroxylation sites is 1. The third-order valence-corrected chi connectivity index (χ3v) is 4.73. The fourth-order valence-electron chi connectivity index (χ4n) is 3.08. The molecule has 1 aromatic heterocycles. The zero-order chi connectivity index (χ0) is 22.5. The molecule has 0 aliphatic carbocycles. The number of hydrogen-bond donors (Lipinski definition) is 1. The van der Waals surface area contributed by atoms with Crippen LogP contribution < -0.4 is 14.8 Å². The van der Waals surface area contributed by atoms with Gasteiger partial charge >= 0.3 is 0 Å². The average molecular weight is 433 g/mol. The predicted molar refractivity (Wildman–Crippen MR) is 117 cm³/mol.